The van der Waals surface area contributed by atoms with E-state index in [1.165, 1.54) is 0 Å². The predicted molar refractivity (Wildman–Crippen MR) is 85.2 cm³/mol. The second kappa shape index (κ2) is 7.15. The summed E-state index contributed by atoms with van der Waals surface area (Å²) < 4.78 is 5.18. The summed E-state index contributed by atoms with van der Waals surface area (Å²) in [5.74, 6) is 0.707. The van der Waals surface area contributed by atoms with Gasteiger partial charge in [0.15, 0.2) is 0 Å². The number of nitrogens with zero attached hydrogens (tertiary/aromatic N) is 1. The predicted octanol–water partition coefficient (Wildman–Crippen LogP) is 1.90. The van der Waals surface area contributed by atoms with Gasteiger partial charge in [-0.05, 0) is 25.5 Å². The molecule has 6 heteroatoms. The van der Waals surface area contributed by atoms with E-state index in [0.717, 1.165) is 12.1 Å². The van der Waals surface area contributed by atoms with Gasteiger partial charge in [-0.2, -0.15) is 0 Å². The highest BCUT2D eigenvalue weighted by Gasteiger charge is 2.31. The number of anilines is 1. The molecule has 120 valence electrons. The van der Waals surface area contributed by atoms with E-state index in [0.29, 0.717) is 18.7 Å². The summed E-state index contributed by atoms with van der Waals surface area (Å²) in [6, 6.07) is 7.08. The number of carbonyl (C=O) groups excluding carboxylic acids is 2. The van der Waals surface area contributed by atoms with Gasteiger partial charge in [-0.3, -0.25) is 4.79 Å². The summed E-state index contributed by atoms with van der Waals surface area (Å²) in [7, 11) is 1.59. The van der Waals surface area contributed by atoms with Gasteiger partial charge in [0.1, 0.15) is 5.75 Å². The largest absolute Gasteiger partial charge is 0.497 e. The van der Waals surface area contributed by atoms with Crippen LogP contribution < -0.4 is 20.3 Å². The Labute approximate surface area is 130 Å². The Balaban J connectivity index is 1.97. The highest BCUT2D eigenvalue weighted by atomic mass is 16.5. The Morgan fingerprint density at radius 2 is 2.27 bits per heavy atom. The van der Waals surface area contributed by atoms with Gasteiger partial charge < -0.3 is 20.3 Å². The van der Waals surface area contributed by atoms with Crippen molar-refractivity contribution in [3.05, 3.63) is 24.3 Å². The number of ether oxygens (including phenoxy) is 1. The number of hydrogen-bond acceptors (Lipinski definition) is 3. The molecule has 0 aliphatic carbocycles. The molecule has 2 N–H and O–H groups in total. The number of urea groups is 1. The molecule has 0 aromatic heterocycles. The molecule has 0 saturated carbocycles. The van der Waals surface area contributed by atoms with Gasteiger partial charge in [0.25, 0.3) is 0 Å². The van der Waals surface area contributed by atoms with Crippen LogP contribution in [-0.4, -0.2) is 37.7 Å². The van der Waals surface area contributed by atoms with Gasteiger partial charge >= 0.3 is 6.03 Å². The molecule has 3 amide bonds. The van der Waals surface area contributed by atoms with Crippen molar-refractivity contribution in [2.45, 2.75) is 38.8 Å². The van der Waals surface area contributed by atoms with Crippen LogP contribution in [0.1, 0.15) is 26.7 Å². The second-order valence-electron chi connectivity index (χ2n) is 5.53. The quantitative estimate of drug-likeness (QED) is 0.873. The van der Waals surface area contributed by atoms with Crippen LogP contribution in [-0.2, 0) is 4.79 Å². The molecule has 0 bridgehead atoms. The summed E-state index contributed by atoms with van der Waals surface area (Å²) in [5.41, 5.74) is 0.788. The molecule has 1 saturated heterocycles. The highest BCUT2D eigenvalue weighted by molar-refractivity contribution is 5.97. The van der Waals surface area contributed by atoms with Crippen molar-refractivity contribution in [1.82, 2.24) is 10.6 Å². The fourth-order valence-electron chi connectivity index (χ4n) is 2.39. The zero-order chi connectivity index (χ0) is 16.1. The third kappa shape index (κ3) is 3.90. The lowest BCUT2D eigenvalue weighted by atomic mass is 10.2. The van der Waals surface area contributed by atoms with Gasteiger partial charge in [0.05, 0.1) is 13.2 Å². The van der Waals surface area contributed by atoms with Crippen LogP contribution in [0.15, 0.2) is 24.3 Å². The Bertz CT molecular complexity index is 547. The van der Waals surface area contributed by atoms with Crippen LogP contribution in [0.25, 0.3) is 0 Å². The van der Waals surface area contributed by atoms with Crippen molar-refractivity contribution in [3.63, 3.8) is 0 Å². The third-order valence-electron chi connectivity index (χ3n) is 3.82. The molecule has 0 spiro atoms. The van der Waals surface area contributed by atoms with E-state index in [1.54, 1.807) is 12.0 Å². The molecule has 1 aliphatic rings. The van der Waals surface area contributed by atoms with E-state index in [1.807, 2.05) is 38.1 Å². The normalized spacial score (nSPS) is 19.0. The molecule has 2 unspecified atom stereocenters. The lowest BCUT2D eigenvalue weighted by Crippen LogP contribution is -2.46. The van der Waals surface area contributed by atoms with Gasteiger partial charge in [-0.15, -0.1) is 0 Å². The number of benzene rings is 1. The summed E-state index contributed by atoms with van der Waals surface area (Å²) in [6.07, 6.45) is 1.18. The first-order valence-corrected chi connectivity index (χ1v) is 7.55. The Morgan fingerprint density at radius 1 is 1.50 bits per heavy atom. The van der Waals surface area contributed by atoms with Crippen molar-refractivity contribution in [3.8, 4) is 5.75 Å². The van der Waals surface area contributed by atoms with Crippen molar-refractivity contribution < 1.29 is 14.3 Å². The Kier molecular flexibility index (Phi) is 5.25. The fraction of sp³-hybridized carbons (Fsp3) is 0.500. The summed E-state index contributed by atoms with van der Waals surface area (Å²) >= 11 is 0. The van der Waals surface area contributed by atoms with Crippen LogP contribution in [0.3, 0.4) is 0 Å². The molecular formula is C16H23N3O3. The van der Waals surface area contributed by atoms with Gasteiger partial charge in [0, 0.05) is 30.8 Å². The lowest BCUT2D eigenvalue weighted by molar-refractivity contribution is -0.117. The minimum atomic E-state index is -0.223. The summed E-state index contributed by atoms with van der Waals surface area (Å²) in [6.45, 7) is 4.43. The molecule has 2 rings (SSSR count). The second-order valence-corrected chi connectivity index (χ2v) is 5.53. The van der Waals surface area contributed by atoms with Gasteiger partial charge in [0.2, 0.25) is 5.91 Å². The minimum Gasteiger partial charge on any atom is -0.497 e. The zero-order valence-electron chi connectivity index (χ0n) is 13.3. The molecule has 1 heterocycles. The summed E-state index contributed by atoms with van der Waals surface area (Å²) in [5, 5.41) is 5.70. The number of nitrogens with one attached hydrogen (secondary N) is 2. The maximum absolute atomic E-state index is 12.2. The number of hydrogen-bond donors (Lipinski definition) is 2. The molecular weight excluding hydrogens is 282 g/mol. The van der Waals surface area contributed by atoms with Gasteiger partial charge in [-0.1, -0.05) is 13.0 Å². The topological polar surface area (TPSA) is 70.7 Å². The van der Waals surface area contributed by atoms with Gasteiger partial charge in [-0.25, -0.2) is 4.79 Å². The van der Waals surface area contributed by atoms with E-state index >= 15 is 0 Å². The molecule has 1 aliphatic heterocycles. The van der Waals surface area contributed by atoms with E-state index in [4.69, 9.17) is 4.74 Å². The standard InChI is InChI=1S/C16H23N3O3/c1-4-11(2)17-16(21)18-12-8-15(20)19(10-12)13-6-5-7-14(9-13)22-3/h5-7,9,11-12H,4,8,10H2,1-3H3,(H2,17,18,21). The smallest absolute Gasteiger partial charge is 0.315 e. The van der Waals surface area contributed by atoms with Crippen LogP contribution >= 0.6 is 0 Å². The SMILES string of the molecule is CCC(C)NC(=O)NC1CC(=O)N(c2cccc(OC)c2)C1. The summed E-state index contributed by atoms with van der Waals surface area (Å²) in [4.78, 5) is 25.7. The van der Waals surface area contributed by atoms with Crippen molar-refractivity contribution >= 4 is 17.6 Å². The molecule has 6 nitrogen and oxygen atoms in total. The Hall–Kier alpha value is -2.24. The first-order valence-electron chi connectivity index (χ1n) is 7.55. The van der Waals surface area contributed by atoms with Crippen molar-refractivity contribution in [1.29, 1.82) is 0 Å². The fourth-order valence-corrected chi connectivity index (χ4v) is 2.39. The zero-order valence-corrected chi connectivity index (χ0v) is 13.3. The van der Waals surface area contributed by atoms with Crippen LogP contribution in [0.4, 0.5) is 10.5 Å². The minimum absolute atomic E-state index is 0.00194. The van der Waals surface area contributed by atoms with Crippen molar-refractivity contribution in [2.24, 2.45) is 0 Å². The molecule has 22 heavy (non-hydrogen) atoms. The number of amides is 3. The number of methoxy groups -OCH3 is 1. The first-order chi connectivity index (χ1) is 10.5. The maximum Gasteiger partial charge on any atom is 0.315 e. The third-order valence-corrected chi connectivity index (χ3v) is 3.82. The maximum atomic E-state index is 12.2. The molecule has 1 fully saturated rings. The van der Waals surface area contributed by atoms with Crippen molar-refractivity contribution in [2.75, 3.05) is 18.6 Å². The first kappa shape index (κ1) is 16.1. The van der Waals surface area contributed by atoms with E-state index in [9.17, 15) is 9.59 Å². The molecule has 0 radical (unpaired) electrons. The number of carbonyl (C=O) groups is 2. The van der Waals surface area contributed by atoms with E-state index in [2.05, 4.69) is 10.6 Å². The Morgan fingerprint density at radius 3 is 2.95 bits per heavy atom. The monoisotopic (exact) mass is 305 g/mol. The van der Waals surface area contributed by atoms with Crippen LogP contribution in [0.2, 0.25) is 0 Å². The van der Waals surface area contributed by atoms with Crippen LogP contribution in [0, 0.1) is 0 Å². The van der Waals surface area contributed by atoms with E-state index in [-0.39, 0.29) is 24.0 Å². The molecule has 1 aromatic rings. The molecule has 1 aromatic carbocycles. The average molecular weight is 305 g/mol. The lowest BCUT2D eigenvalue weighted by Gasteiger charge is -2.19. The van der Waals surface area contributed by atoms with Crippen LogP contribution in [0.5, 0.6) is 5.75 Å². The van der Waals surface area contributed by atoms with E-state index < -0.39 is 0 Å². The average Bonchev–Trinajstić information content (AvgIpc) is 2.87. The number of rotatable bonds is 5. The molecule has 2 atom stereocenters. The highest BCUT2D eigenvalue weighted by Crippen LogP contribution is 2.25.